The minimum Gasteiger partial charge on any atom is -0.293 e. The highest BCUT2D eigenvalue weighted by molar-refractivity contribution is 9.09. The minimum absolute atomic E-state index is 0. The van der Waals surface area contributed by atoms with Crippen LogP contribution in [-0.4, -0.2) is 20.7 Å². The number of rotatable bonds is 2. The van der Waals surface area contributed by atoms with Crippen LogP contribution in [0.3, 0.4) is 0 Å². The molecule has 5 heteroatoms. The first-order chi connectivity index (χ1) is 6.33. The van der Waals surface area contributed by atoms with Crippen molar-refractivity contribution < 1.29 is 4.79 Å². The fraction of sp³-hybridized carbons (Fsp3) is 0.111. The number of aromatic nitrogens is 2. The number of hydrogen-bond acceptors (Lipinski definition) is 2. The molecule has 2 aromatic heterocycles. The predicted octanol–water partition coefficient (Wildman–Crippen LogP) is 2.49. The lowest BCUT2D eigenvalue weighted by Gasteiger charge is -1.93. The molecule has 0 aliphatic carbocycles. The van der Waals surface area contributed by atoms with Crippen LogP contribution >= 0.6 is 32.9 Å². The number of nitrogens with zero attached hydrogens (tertiary/aromatic N) is 2. The molecule has 0 amide bonds. The number of alkyl halides is 1. The number of ketones is 1. The fourth-order valence-corrected chi connectivity index (χ4v) is 1.52. The second-order valence-corrected chi connectivity index (χ2v) is 3.21. The third kappa shape index (κ3) is 1.88. The molecule has 0 spiro atoms. The number of halogens is 2. The average Bonchev–Trinajstić information content (AvgIpc) is 2.60. The average molecular weight is 320 g/mol. The Morgan fingerprint density at radius 2 is 2.29 bits per heavy atom. The van der Waals surface area contributed by atoms with Crippen molar-refractivity contribution in [2.45, 2.75) is 0 Å². The van der Waals surface area contributed by atoms with Gasteiger partial charge in [-0.25, -0.2) is 4.52 Å². The maximum absolute atomic E-state index is 11.4. The van der Waals surface area contributed by atoms with E-state index in [0.717, 1.165) is 5.52 Å². The van der Waals surface area contributed by atoms with Crippen molar-refractivity contribution in [3.63, 3.8) is 0 Å². The monoisotopic (exact) mass is 318 g/mol. The molecule has 0 N–H and O–H groups in total. The van der Waals surface area contributed by atoms with E-state index in [0.29, 0.717) is 10.9 Å². The van der Waals surface area contributed by atoms with Crippen molar-refractivity contribution in [1.82, 2.24) is 9.61 Å². The van der Waals surface area contributed by atoms with Crippen molar-refractivity contribution in [2.75, 3.05) is 5.33 Å². The van der Waals surface area contributed by atoms with Gasteiger partial charge in [0.25, 0.3) is 0 Å². The van der Waals surface area contributed by atoms with Gasteiger partial charge in [0, 0.05) is 6.20 Å². The van der Waals surface area contributed by atoms with E-state index in [4.69, 9.17) is 0 Å². The van der Waals surface area contributed by atoms with Gasteiger partial charge < -0.3 is 0 Å². The first-order valence-electron chi connectivity index (χ1n) is 3.84. The summed E-state index contributed by atoms with van der Waals surface area (Å²) in [6.07, 6.45) is 3.42. The Kier molecular flexibility index (Phi) is 3.83. The van der Waals surface area contributed by atoms with Gasteiger partial charge in [0.1, 0.15) is 0 Å². The summed E-state index contributed by atoms with van der Waals surface area (Å²) in [6.45, 7) is 0. The van der Waals surface area contributed by atoms with Crippen LogP contribution in [0.15, 0.2) is 30.6 Å². The van der Waals surface area contributed by atoms with Crippen LogP contribution in [0.25, 0.3) is 5.52 Å². The Morgan fingerprint density at radius 1 is 1.50 bits per heavy atom. The highest BCUT2D eigenvalue weighted by Crippen LogP contribution is 2.11. The number of pyridine rings is 1. The first kappa shape index (κ1) is 11.4. The molecule has 0 bridgehead atoms. The van der Waals surface area contributed by atoms with E-state index in [1.807, 2.05) is 24.4 Å². The van der Waals surface area contributed by atoms with Gasteiger partial charge in [-0.3, -0.25) is 4.79 Å². The molecule has 0 unspecified atom stereocenters. The van der Waals surface area contributed by atoms with Crippen molar-refractivity contribution in [2.24, 2.45) is 0 Å². The topological polar surface area (TPSA) is 34.4 Å². The molecule has 0 radical (unpaired) electrons. The smallest absolute Gasteiger partial charge is 0.177 e. The largest absolute Gasteiger partial charge is 0.293 e. The van der Waals surface area contributed by atoms with Gasteiger partial charge in [0.2, 0.25) is 0 Å². The summed E-state index contributed by atoms with van der Waals surface area (Å²) < 4.78 is 1.69. The van der Waals surface area contributed by atoms with Crippen LogP contribution in [0.1, 0.15) is 10.4 Å². The Bertz CT molecular complexity index is 453. The Labute approximate surface area is 100 Å². The summed E-state index contributed by atoms with van der Waals surface area (Å²) in [5.41, 5.74) is 1.52. The third-order valence-electron chi connectivity index (χ3n) is 1.85. The second kappa shape index (κ2) is 4.70. The molecule has 74 valence electrons. The van der Waals surface area contributed by atoms with Gasteiger partial charge in [-0.05, 0) is 12.1 Å². The standard InChI is InChI=1S/C9H7BrN2O.BrH/c10-5-9(13)7-6-11-12-4-2-1-3-8(7)12;/h1-4,6H,5H2;1H. The molecule has 2 heterocycles. The lowest BCUT2D eigenvalue weighted by Crippen LogP contribution is -1.98. The zero-order valence-electron chi connectivity index (χ0n) is 7.18. The van der Waals surface area contributed by atoms with E-state index in [2.05, 4.69) is 21.0 Å². The predicted molar refractivity (Wildman–Crippen MR) is 63.6 cm³/mol. The van der Waals surface area contributed by atoms with Crippen molar-refractivity contribution in [1.29, 1.82) is 0 Å². The van der Waals surface area contributed by atoms with Crippen LogP contribution in [0.2, 0.25) is 0 Å². The zero-order chi connectivity index (χ0) is 9.26. The highest BCUT2D eigenvalue weighted by Gasteiger charge is 2.09. The summed E-state index contributed by atoms with van der Waals surface area (Å²) >= 11 is 3.14. The van der Waals surface area contributed by atoms with Crippen LogP contribution < -0.4 is 0 Å². The first-order valence-corrected chi connectivity index (χ1v) is 4.96. The highest BCUT2D eigenvalue weighted by atomic mass is 79.9. The number of Topliss-reactive ketones (excluding diaryl/α,β-unsaturated/α-hetero) is 1. The molecule has 3 nitrogen and oxygen atoms in total. The van der Waals surface area contributed by atoms with Gasteiger partial charge in [-0.15, -0.1) is 17.0 Å². The van der Waals surface area contributed by atoms with Gasteiger partial charge >= 0.3 is 0 Å². The molecule has 0 saturated heterocycles. The van der Waals surface area contributed by atoms with Gasteiger partial charge in [0.05, 0.1) is 22.6 Å². The lowest BCUT2D eigenvalue weighted by atomic mass is 10.2. The van der Waals surface area contributed by atoms with E-state index in [1.165, 1.54) is 0 Å². The number of carbonyl (C=O) groups is 1. The van der Waals surface area contributed by atoms with Crippen molar-refractivity contribution >= 4 is 44.2 Å². The van der Waals surface area contributed by atoms with Crippen LogP contribution in [-0.2, 0) is 0 Å². The van der Waals surface area contributed by atoms with Crippen molar-refractivity contribution in [3.05, 3.63) is 36.2 Å². The Hall–Kier alpha value is -0.680. The summed E-state index contributed by atoms with van der Waals surface area (Å²) in [5.74, 6) is 0.0567. The molecular weight excluding hydrogens is 312 g/mol. The summed E-state index contributed by atoms with van der Waals surface area (Å²) in [4.78, 5) is 11.4. The van der Waals surface area contributed by atoms with E-state index in [-0.39, 0.29) is 22.8 Å². The lowest BCUT2D eigenvalue weighted by molar-refractivity contribution is 0.102. The third-order valence-corrected chi connectivity index (χ3v) is 2.36. The Balaban J connectivity index is 0.000000980. The molecule has 0 aromatic carbocycles. The Morgan fingerprint density at radius 3 is 3.00 bits per heavy atom. The van der Waals surface area contributed by atoms with Gasteiger partial charge in [-0.2, -0.15) is 5.10 Å². The van der Waals surface area contributed by atoms with Crippen LogP contribution in [0.4, 0.5) is 0 Å². The number of fused-ring (bicyclic) bond motifs is 1. The summed E-state index contributed by atoms with van der Waals surface area (Å²) in [5, 5.41) is 4.40. The van der Waals surface area contributed by atoms with E-state index in [1.54, 1.807) is 10.7 Å². The molecule has 0 aliphatic rings. The maximum Gasteiger partial charge on any atom is 0.177 e. The molecule has 2 aromatic rings. The van der Waals surface area contributed by atoms with E-state index >= 15 is 0 Å². The van der Waals surface area contributed by atoms with Crippen molar-refractivity contribution in [3.8, 4) is 0 Å². The van der Waals surface area contributed by atoms with E-state index in [9.17, 15) is 4.79 Å². The minimum atomic E-state index is 0. The number of carbonyl (C=O) groups excluding carboxylic acids is 1. The molecular formula is C9H8Br2N2O. The quantitative estimate of drug-likeness (QED) is 0.629. The maximum atomic E-state index is 11.4. The molecule has 0 fully saturated rings. The molecule has 0 aliphatic heterocycles. The summed E-state index contributed by atoms with van der Waals surface area (Å²) in [7, 11) is 0. The van der Waals surface area contributed by atoms with Crippen LogP contribution in [0.5, 0.6) is 0 Å². The zero-order valence-corrected chi connectivity index (χ0v) is 10.5. The number of hydrogen-bond donors (Lipinski definition) is 0. The van der Waals surface area contributed by atoms with Crippen LogP contribution in [0, 0.1) is 0 Å². The molecule has 14 heavy (non-hydrogen) atoms. The fourth-order valence-electron chi connectivity index (χ4n) is 1.22. The molecule has 0 saturated carbocycles. The molecule has 2 rings (SSSR count). The second-order valence-electron chi connectivity index (χ2n) is 2.65. The summed E-state index contributed by atoms with van der Waals surface area (Å²) in [6, 6.07) is 5.65. The van der Waals surface area contributed by atoms with E-state index < -0.39 is 0 Å². The normalized spacial score (nSPS) is 9.79. The molecule has 0 atom stereocenters. The SMILES string of the molecule is Br.O=C(CBr)c1cnn2ccccc12. The van der Waals surface area contributed by atoms with Gasteiger partial charge in [0.15, 0.2) is 5.78 Å². The van der Waals surface area contributed by atoms with Gasteiger partial charge in [-0.1, -0.05) is 22.0 Å².